The van der Waals surface area contributed by atoms with Crippen molar-refractivity contribution < 1.29 is 13.2 Å². The van der Waals surface area contributed by atoms with E-state index in [-0.39, 0.29) is 17.3 Å². The summed E-state index contributed by atoms with van der Waals surface area (Å²) in [5.41, 5.74) is 2.12. The number of thiazole rings is 1. The number of hydrogen-bond donors (Lipinski definition) is 1. The Balaban J connectivity index is 1.42. The van der Waals surface area contributed by atoms with Gasteiger partial charge in [-0.25, -0.2) is 13.4 Å². The zero-order chi connectivity index (χ0) is 20.3. The molecule has 0 bridgehead atoms. The lowest BCUT2D eigenvalue weighted by molar-refractivity contribution is 0.0946. The van der Waals surface area contributed by atoms with Gasteiger partial charge >= 0.3 is 0 Å². The fraction of sp³-hybridized carbons (Fsp3) is 0.300. The summed E-state index contributed by atoms with van der Waals surface area (Å²) < 4.78 is 27.2. The minimum atomic E-state index is -3.49. The summed E-state index contributed by atoms with van der Waals surface area (Å²) in [5.74, 6) is -0.271. The first-order valence-corrected chi connectivity index (χ1v) is 12.7. The van der Waals surface area contributed by atoms with E-state index >= 15 is 0 Å². The van der Waals surface area contributed by atoms with Crippen LogP contribution in [0.5, 0.6) is 0 Å². The Labute approximate surface area is 178 Å². The van der Waals surface area contributed by atoms with Crippen molar-refractivity contribution in [3.63, 3.8) is 0 Å². The van der Waals surface area contributed by atoms with Crippen LogP contribution in [0.25, 0.3) is 10.6 Å². The van der Waals surface area contributed by atoms with Crippen LogP contribution in [0.1, 0.15) is 35.3 Å². The largest absolute Gasteiger partial charge is 0.347 e. The monoisotopic (exact) mass is 447 g/mol. The van der Waals surface area contributed by atoms with Crippen molar-refractivity contribution in [3.05, 3.63) is 57.7 Å². The van der Waals surface area contributed by atoms with Crippen molar-refractivity contribution in [1.29, 1.82) is 0 Å². The Morgan fingerprint density at radius 1 is 1.14 bits per heavy atom. The third-order valence-corrected chi connectivity index (χ3v) is 8.28. The van der Waals surface area contributed by atoms with Crippen molar-refractivity contribution in [3.8, 4) is 10.6 Å². The Morgan fingerprint density at radius 3 is 2.72 bits per heavy atom. The van der Waals surface area contributed by atoms with Gasteiger partial charge in [0, 0.05) is 36.0 Å². The lowest BCUT2D eigenvalue weighted by Gasteiger charge is -2.26. The fourth-order valence-corrected chi connectivity index (χ4v) is 6.34. The molecule has 2 aromatic heterocycles. The number of thiophene rings is 1. The number of carbonyl (C=O) groups excluding carboxylic acids is 1. The van der Waals surface area contributed by atoms with E-state index in [0.29, 0.717) is 18.8 Å². The molecule has 1 aliphatic rings. The summed E-state index contributed by atoms with van der Waals surface area (Å²) in [6, 6.07) is 8.76. The van der Waals surface area contributed by atoms with Crippen molar-refractivity contribution in [2.45, 2.75) is 30.7 Å². The van der Waals surface area contributed by atoms with E-state index in [1.165, 1.54) is 11.3 Å². The molecule has 1 aliphatic heterocycles. The van der Waals surface area contributed by atoms with Gasteiger partial charge in [-0.05, 0) is 42.0 Å². The summed E-state index contributed by atoms with van der Waals surface area (Å²) in [6.07, 6.45) is 2.87. The average Bonchev–Trinajstić information content (AvgIpc) is 3.45. The fourth-order valence-electron chi connectivity index (χ4n) is 3.24. The SMILES string of the molecule is O=C(NCc1cccc(S(=O)(=O)N2CCCCC2)c1)c1csc(-c2ccsc2)n1. The number of piperidine rings is 1. The highest BCUT2D eigenvalue weighted by molar-refractivity contribution is 7.89. The molecule has 0 radical (unpaired) electrons. The zero-order valence-electron chi connectivity index (χ0n) is 15.7. The number of sulfonamides is 1. The van der Waals surface area contributed by atoms with Crippen molar-refractivity contribution >= 4 is 38.6 Å². The quantitative estimate of drug-likeness (QED) is 0.620. The van der Waals surface area contributed by atoms with Gasteiger partial charge < -0.3 is 5.32 Å². The molecular weight excluding hydrogens is 426 g/mol. The molecule has 4 rings (SSSR count). The van der Waals surface area contributed by atoms with E-state index in [9.17, 15) is 13.2 Å². The van der Waals surface area contributed by atoms with E-state index in [1.807, 2.05) is 22.9 Å². The zero-order valence-corrected chi connectivity index (χ0v) is 18.2. The lowest BCUT2D eigenvalue weighted by Crippen LogP contribution is -2.35. The molecule has 29 heavy (non-hydrogen) atoms. The van der Waals surface area contributed by atoms with Gasteiger partial charge in [-0.3, -0.25) is 4.79 Å². The smallest absolute Gasteiger partial charge is 0.271 e. The van der Waals surface area contributed by atoms with Gasteiger partial charge in [0.1, 0.15) is 10.7 Å². The maximum atomic E-state index is 12.8. The first-order valence-electron chi connectivity index (χ1n) is 9.39. The third kappa shape index (κ3) is 4.58. The maximum Gasteiger partial charge on any atom is 0.271 e. The molecule has 0 saturated carbocycles. The summed E-state index contributed by atoms with van der Waals surface area (Å²) >= 11 is 3.02. The molecule has 3 heterocycles. The predicted molar refractivity (Wildman–Crippen MR) is 116 cm³/mol. The normalized spacial score (nSPS) is 15.3. The molecule has 0 spiro atoms. The molecular formula is C20H21N3O3S3. The van der Waals surface area contributed by atoms with Gasteiger partial charge in [-0.1, -0.05) is 18.6 Å². The molecule has 3 aromatic rings. The van der Waals surface area contributed by atoms with Crippen LogP contribution >= 0.6 is 22.7 Å². The number of nitrogens with zero attached hydrogens (tertiary/aromatic N) is 2. The molecule has 0 atom stereocenters. The van der Waals surface area contributed by atoms with Gasteiger partial charge in [0.25, 0.3) is 5.91 Å². The van der Waals surface area contributed by atoms with E-state index in [0.717, 1.165) is 35.4 Å². The van der Waals surface area contributed by atoms with Gasteiger partial charge in [0.15, 0.2) is 0 Å². The average molecular weight is 448 g/mol. The number of amides is 1. The van der Waals surface area contributed by atoms with Crippen LogP contribution in [-0.4, -0.2) is 36.7 Å². The minimum Gasteiger partial charge on any atom is -0.347 e. The molecule has 9 heteroatoms. The van der Waals surface area contributed by atoms with E-state index in [4.69, 9.17) is 0 Å². The molecule has 0 unspecified atom stereocenters. The summed E-state index contributed by atoms with van der Waals surface area (Å²) in [7, 11) is -3.49. The molecule has 152 valence electrons. The highest BCUT2D eigenvalue weighted by Crippen LogP contribution is 2.26. The van der Waals surface area contributed by atoms with Crippen LogP contribution < -0.4 is 5.32 Å². The lowest BCUT2D eigenvalue weighted by atomic mass is 10.2. The second kappa shape index (κ2) is 8.74. The highest BCUT2D eigenvalue weighted by Gasteiger charge is 2.26. The predicted octanol–water partition coefficient (Wildman–Crippen LogP) is 3.98. The Bertz CT molecular complexity index is 1090. The molecule has 0 aliphatic carbocycles. The molecule has 1 amide bonds. The summed E-state index contributed by atoms with van der Waals surface area (Å²) in [4.78, 5) is 17.1. The molecule has 6 nitrogen and oxygen atoms in total. The van der Waals surface area contributed by atoms with Gasteiger partial charge in [-0.2, -0.15) is 15.6 Å². The van der Waals surface area contributed by atoms with E-state index in [2.05, 4.69) is 10.3 Å². The van der Waals surface area contributed by atoms with Gasteiger partial charge in [0.2, 0.25) is 10.0 Å². The van der Waals surface area contributed by atoms with Crippen LogP contribution in [0.3, 0.4) is 0 Å². The van der Waals surface area contributed by atoms with Crippen LogP contribution in [0.15, 0.2) is 51.4 Å². The second-order valence-electron chi connectivity index (χ2n) is 6.84. The number of aromatic nitrogens is 1. The second-order valence-corrected chi connectivity index (χ2v) is 10.4. The Kier molecular flexibility index (Phi) is 6.09. The van der Waals surface area contributed by atoms with Crippen molar-refractivity contribution in [1.82, 2.24) is 14.6 Å². The van der Waals surface area contributed by atoms with Gasteiger partial charge in [-0.15, -0.1) is 11.3 Å². The number of rotatable bonds is 6. The molecule has 1 aromatic carbocycles. The third-order valence-electron chi connectivity index (χ3n) is 4.81. The van der Waals surface area contributed by atoms with Crippen molar-refractivity contribution in [2.75, 3.05) is 13.1 Å². The standard InChI is InChI=1S/C20H21N3O3S3/c24-19(18-14-28-20(22-18)16-7-10-27-13-16)21-12-15-5-4-6-17(11-15)29(25,26)23-8-2-1-3-9-23/h4-7,10-11,13-14H,1-3,8-9,12H2,(H,21,24). The summed E-state index contributed by atoms with van der Waals surface area (Å²) in [5, 5.41) is 9.35. The number of carbonyl (C=O) groups is 1. The Morgan fingerprint density at radius 2 is 1.97 bits per heavy atom. The molecule has 1 saturated heterocycles. The first kappa shape index (κ1) is 20.2. The molecule has 1 N–H and O–H groups in total. The van der Waals surface area contributed by atoms with Crippen LogP contribution in [0, 0.1) is 0 Å². The van der Waals surface area contributed by atoms with E-state index < -0.39 is 10.0 Å². The molecule has 1 fully saturated rings. The Hall–Kier alpha value is -2.07. The maximum absolute atomic E-state index is 12.8. The van der Waals surface area contributed by atoms with Crippen LogP contribution in [0.2, 0.25) is 0 Å². The van der Waals surface area contributed by atoms with Gasteiger partial charge in [0.05, 0.1) is 4.90 Å². The highest BCUT2D eigenvalue weighted by atomic mass is 32.2. The van der Waals surface area contributed by atoms with E-state index in [1.54, 1.807) is 39.2 Å². The van der Waals surface area contributed by atoms with Crippen LogP contribution in [-0.2, 0) is 16.6 Å². The topological polar surface area (TPSA) is 79.4 Å². The number of nitrogens with one attached hydrogen (secondary N) is 1. The van der Waals surface area contributed by atoms with Crippen LogP contribution in [0.4, 0.5) is 0 Å². The minimum absolute atomic E-state index is 0.244. The summed E-state index contributed by atoms with van der Waals surface area (Å²) in [6.45, 7) is 1.38. The van der Waals surface area contributed by atoms with Crippen molar-refractivity contribution in [2.24, 2.45) is 0 Å². The number of benzene rings is 1. The number of hydrogen-bond acceptors (Lipinski definition) is 6. The first-order chi connectivity index (χ1) is 14.0.